The lowest BCUT2D eigenvalue weighted by molar-refractivity contribution is -0.118. The fraction of sp³-hybridized carbons (Fsp3) is 0.367. The van der Waals surface area contributed by atoms with Crippen LogP contribution in [0.3, 0.4) is 0 Å². The highest BCUT2D eigenvalue weighted by atomic mass is 35.5. The Labute approximate surface area is 218 Å². The van der Waals surface area contributed by atoms with E-state index in [0.29, 0.717) is 22.9 Å². The average molecular weight is 505 g/mol. The molecule has 1 fully saturated rings. The number of benzene rings is 3. The average Bonchev–Trinajstić information content (AvgIpc) is 3.43. The van der Waals surface area contributed by atoms with E-state index in [4.69, 9.17) is 21.1 Å². The summed E-state index contributed by atoms with van der Waals surface area (Å²) in [5, 5.41) is 0.665. The third-order valence-corrected chi connectivity index (χ3v) is 7.53. The Morgan fingerprint density at radius 1 is 0.972 bits per heavy atom. The Balaban J connectivity index is 1.61. The molecule has 0 spiro atoms. The zero-order valence-corrected chi connectivity index (χ0v) is 21.9. The van der Waals surface area contributed by atoms with Gasteiger partial charge in [-0.05, 0) is 91.4 Å². The number of fused-ring (bicyclic) bond motifs is 1. The van der Waals surface area contributed by atoms with Crippen molar-refractivity contribution in [2.24, 2.45) is 0 Å². The maximum Gasteiger partial charge on any atom is 0.232 e. The maximum atomic E-state index is 13.7. The summed E-state index contributed by atoms with van der Waals surface area (Å²) < 4.78 is 11.9. The van der Waals surface area contributed by atoms with E-state index in [9.17, 15) is 4.79 Å². The molecule has 3 aromatic rings. The van der Waals surface area contributed by atoms with Gasteiger partial charge in [-0.1, -0.05) is 30.7 Å². The first-order valence-corrected chi connectivity index (χ1v) is 13.2. The second-order valence-corrected chi connectivity index (χ2v) is 10.1. The SMILES string of the molecule is CC[C@@H](C)Oc1cc2c(cc1OC)CC(=O)N(c1ccc(N3CCCC3)cc1)C2c1ccc(Cl)cc1. The number of amides is 1. The summed E-state index contributed by atoms with van der Waals surface area (Å²) >= 11 is 6.23. The topological polar surface area (TPSA) is 42.0 Å². The van der Waals surface area contributed by atoms with Crippen molar-refractivity contribution in [1.29, 1.82) is 0 Å². The zero-order chi connectivity index (χ0) is 25.2. The minimum atomic E-state index is -0.304. The minimum absolute atomic E-state index is 0.0467. The van der Waals surface area contributed by atoms with Crippen molar-refractivity contribution < 1.29 is 14.3 Å². The normalized spacial score (nSPS) is 18.2. The number of rotatable bonds is 7. The smallest absolute Gasteiger partial charge is 0.232 e. The van der Waals surface area contributed by atoms with Gasteiger partial charge in [0, 0.05) is 29.5 Å². The molecule has 0 aliphatic carbocycles. The molecule has 5 nitrogen and oxygen atoms in total. The van der Waals surface area contributed by atoms with Gasteiger partial charge < -0.3 is 19.3 Å². The summed E-state index contributed by atoms with van der Waals surface area (Å²) in [7, 11) is 1.64. The second-order valence-electron chi connectivity index (χ2n) is 9.64. The van der Waals surface area contributed by atoms with E-state index in [1.54, 1.807) is 7.11 Å². The highest BCUT2D eigenvalue weighted by Gasteiger charge is 2.36. The van der Waals surface area contributed by atoms with Crippen LogP contribution in [-0.2, 0) is 11.2 Å². The molecule has 2 aliphatic rings. The van der Waals surface area contributed by atoms with Gasteiger partial charge in [0.1, 0.15) is 0 Å². The van der Waals surface area contributed by atoms with Gasteiger partial charge in [0.25, 0.3) is 0 Å². The highest BCUT2D eigenvalue weighted by molar-refractivity contribution is 6.30. The fourth-order valence-corrected chi connectivity index (χ4v) is 5.30. The first-order chi connectivity index (χ1) is 17.5. The van der Waals surface area contributed by atoms with E-state index >= 15 is 0 Å². The number of methoxy groups -OCH3 is 1. The lowest BCUT2D eigenvalue weighted by Gasteiger charge is -2.38. The van der Waals surface area contributed by atoms with Crippen LogP contribution < -0.4 is 19.3 Å². The number of nitrogens with zero attached hydrogens (tertiary/aromatic N) is 2. The van der Waals surface area contributed by atoms with E-state index in [1.165, 1.54) is 18.5 Å². The molecule has 188 valence electrons. The zero-order valence-electron chi connectivity index (χ0n) is 21.2. The van der Waals surface area contributed by atoms with Gasteiger partial charge in [-0.3, -0.25) is 4.79 Å². The second kappa shape index (κ2) is 10.4. The molecule has 2 atom stereocenters. The molecular weight excluding hydrogens is 472 g/mol. The van der Waals surface area contributed by atoms with Gasteiger partial charge >= 0.3 is 0 Å². The van der Waals surface area contributed by atoms with E-state index in [2.05, 4.69) is 42.2 Å². The van der Waals surface area contributed by atoms with Crippen molar-refractivity contribution >= 4 is 28.9 Å². The van der Waals surface area contributed by atoms with Crippen LogP contribution in [0.25, 0.3) is 0 Å². The number of halogens is 1. The molecule has 0 bridgehead atoms. The molecule has 1 unspecified atom stereocenters. The first kappa shape index (κ1) is 24.5. The van der Waals surface area contributed by atoms with E-state index in [-0.39, 0.29) is 18.1 Å². The lowest BCUT2D eigenvalue weighted by atomic mass is 9.86. The number of ether oxygens (including phenoxy) is 2. The number of carbonyl (C=O) groups is 1. The quantitative estimate of drug-likeness (QED) is 0.354. The van der Waals surface area contributed by atoms with Gasteiger partial charge in [-0.15, -0.1) is 0 Å². The van der Waals surface area contributed by atoms with Gasteiger partial charge in [0.15, 0.2) is 11.5 Å². The molecule has 0 saturated carbocycles. The molecule has 1 amide bonds. The van der Waals surface area contributed by atoms with Crippen LogP contribution in [0.2, 0.25) is 5.02 Å². The predicted molar refractivity (Wildman–Crippen MR) is 146 cm³/mol. The Kier molecular flexibility index (Phi) is 7.10. The summed E-state index contributed by atoms with van der Waals surface area (Å²) in [5.41, 5.74) is 5.08. The highest BCUT2D eigenvalue weighted by Crippen LogP contribution is 2.44. The number of hydrogen-bond donors (Lipinski definition) is 0. The van der Waals surface area contributed by atoms with Gasteiger partial charge in [-0.2, -0.15) is 0 Å². The minimum Gasteiger partial charge on any atom is -0.493 e. The number of hydrogen-bond acceptors (Lipinski definition) is 4. The van der Waals surface area contributed by atoms with Gasteiger partial charge in [0.2, 0.25) is 5.91 Å². The van der Waals surface area contributed by atoms with E-state index in [1.807, 2.05) is 42.2 Å². The van der Waals surface area contributed by atoms with Crippen molar-refractivity contribution in [2.75, 3.05) is 30.0 Å². The molecule has 0 radical (unpaired) electrons. The summed E-state index contributed by atoms with van der Waals surface area (Å²) in [5.74, 6) is 1.40. The Hall–Kier alpha value is -3.18. The molecule has 36 heavy (non-hydrogen) atoms. The molecular formula is C30H33ClN2O3. The van der Waals surface area contributed by atoms with Crippen molar-refractivity contribution in [3.63, 3.8) is 0 Å². The molecule has 2 aliphatic heterocycles. The maximum absolute atomic E-state index is 13.7. The van der Waals surface area contributed by atoms with Crippen LogP contribution >= 0.6 is 11.6 Å². The third kappa shape index (κ3) is 4.77. The molecule has 0 N–H and O–H groups in total. The van der Waals surface area contributed by atoms with Crippen LogP contribution in [0.1, 0.15) is 55.8 Å². The fourth-order valence-electron chi connectivity index (χ4n) is 5.17. The molecule has 0 aromatic heterocycles. The summed E-state index contributed by atoms with van der Waals surface area (Å²) in [6, 6.07) is 19.9. The summed E-state index contributed by atoms with van der Waals surface area (Å²) in [4.78, 5) is 18.0. The Morgan fingerprint density at radius 3 is 2.28 bits per heavy atom. The molecule has 3 aromatic carbocycles. The van der Waals surface area contributed by atoms with Crippen LogP contribution in [-0.4, -0.2) is 32.2 Å². The van der Waals surface area contributed by atoms with Crippen LogP contribution in [0.15, 0.2) is 60.7 Å². The molecule has 6 heteroatoms. The molecule has 5 rings (SSSR count). The first-order valence-electron chi connectivity index (χ1n) is 12.8. The van der Waals surface area contributed by atoms with Gasteiger partial charge in [0.05, 0.1) is 25.7 Å². The standard InChI is InChI=1S/C30H33ClN2O3/c1-4-20(2)36-28-19-26-22(17-27(28)35-3)18-29(34)33(30(26)21-7-9-23(31)10-8-21)25-13-11-24(12-14-25)32-15-5-6-16-32/h7-14,17,19-20,30H,4-6,15-16,18H2,1-3H3/t20-,30?/m1/s1. The third-order valence-electron chi connectivity index (χ3n) is 7.28. The monoisotopic (exact) mass is 504 g/mol. The van der Waals surface area contributed by atoms with E-state index in [0.717, 1.165) is 41.9 Å². The Morgan fingerprint density at radius 2 is 1.64 bits per heavy atom. The van der Waals surface area contributed by atoms with Crippen molar-refractivity contribution in [1.82, 2.24) is 0 Å². The van der Waals surface area contributed by atoms with E-state index < -0.39 is 0 Å². The lowest BCUT2D eigenvalue weighted by Crippen LogP contribution is -2.41. The summed E-state index contributed by atoms with van der Waals surface area (Å²) in [6.07, 6.45) is 3.69. The predicted octanol–water partition coefficient (Wildman–Crippen LogP) is 6.80. The van der Waals surface area contributed by atoms with Gasteiger partial charge in [-0.25, -0.2) is 0 Å². The van der Waals surface area contributed by atoms with Crippen molar-refractivity contribution in [3.8, 4) is 11.5 Å². The van der Waals surface area contributed by atoms with Crippen molar-refractivity contribution in [3.05, 3.63) is 82.4 Å². The van der Waals surface area contributed by atoms with Crippen LogP contribution in [0.4, 0.5) is 11.4 Å². The Bertz CT molecular complexity index is 1220. The number of carbonyl (C=O) groups excluding carboxylic acids is 1. The van der Waals surface area contributed by atoms with Crippen molar-refractivity contribution in [2.45, 2.75) is 51.7 Å². The molecule has 2 heterocycles. The van der Waals surface area contributed by atoms with Crippen LogP contribution in [0.5, 0.6) is 11.5 Å². The molecule has 1 saturated heterocycles. The number of anilines is 2. The van der Waals surface area contributed by atoms with Crippen LogP contribution in [0, 0.1) is 0 Å². The largest absolute Gasteiger partial charge is 0.493 e. The summed E-state index contributed by atoms with van der Waals surface area (Å²) in [6.45, 7) is 6.32.